The summed E-state index contributed by atoms with van der Waals surface area (Å²) < 4.78 is 0. The number of hydrogen-bond donors (Lipinski definition) is 1. The summed E-state index contributed by atoms with van der Waals surface area (Å²) in [5.74, 6) is 0.230. The number of carbonyl (C=O) groups is 1. The Morgan fingerprint density at radius 1 is 1.40 bits per heavy atom. The summed E-state index contributed by atoms with van der Waals surface area (Å²) in [6.07, 6.45) is 3.51. The second kappa shape index (κ2) is 7.30. The third kappa shape index (κ3) is 3.66. The molecule has 1 fully saturated rings. The van der Waals surface area contributed by atoms with E-state index in [0.29, 0.717) is 16.5 Å². The van der Waals surface area contributed by atoms with Crippen LogP contribution < -0.4 is 5.32 Å². The molecule has 110 valence electrons. The van der Waals surface area contributed by atoms with Crippen LogP contribution in [-0.2, 0) is 4.79 Å². The van der Waals surface area contributed by atoms with E-state index in [1.807, 2.05) is 24.1 Å². The maximum absolute atomic E-state index is 12.3. The minimum Gasteiger partial charge on any atom is -0.336 e. The van der Waals surface area contributed by atoms with Crippen LogP contribution in [0.3, 0.4) is 0 Å². The summed E-state index contributed by atoms with van der Waals surface area (Å²) in [5, 5.41) is 4.18. The third-order valence-electron chi connectivity index (χ3n) is 3.72. The molecule has 2 rings (SSSR count). The third-order valence-corrected chi connectivity index (χ3v) is 4.46. The highest BCUT2D eigenvalue weighted by molar-refractivity contribution is 6.42. The quantitative estimate of drug-likeness (QED) is 0.841. The maximum atomic E-state index is 12.3. The summed E-state index contributed by atoms with van der Waals surface area (Å²) >= 11 is 12.0. The number of nitrogens with one attached hydrogen (secondary N) is 1. The number of carbonyl (C=O) groups excluding carboxylic acids is 1. The van der Waals surface area contributed by atoms with E-state index in [1.54, 1.807) is 6.07 Å². The molecule has 0 bridgehead atoms. The number of halogens is 2. The normalized spacial score (nSPS) is 18.6. The first-order valence-corrected chi connectivity index (χ1v) is 7.78. The largest absolute Gasteiger partial charge is 0.336 e. The molecule has 20 heavy (non-hydrogen) atoms. The summed E-state index contributed by atoms with van der Waals surface area (Å²) in [7, 11) is 1.90. The molecule has 1 N–H and O–H groups in total. The Labute approximate surface area is 130 Å². The van der Waals surface area contributed by atoms with Gasteiger partial charge >= 0.3 is 0 Å². The van der Waals surface area contributed by atoms with Crippen molar-refractivity contribution < 1.29 is 4.79 Å². The zero-order chi connectivity index (χ0) is 14.5. The molecule has 1 aromatic rings. The van der Waals surface area contributed by atoms with Crippen LogP contribution in [0, 0.1) is 0 Å². The van der Waals surface area contributed by atoms with Gasteiger partial charge in [-0.05, 0) is 50.6 Å². The molecule has 5 heteroatoms. The molecule has 0 radical (unpaired) electrons. The highest BCUT2D eigenvalue weighted by Crippen LogP contribution is 2.35. The smallest absolute Gasteiger partial charge is 0.223 e. The van der Waals surface area contributed by atoms with Crippen LogP contribution in [0.1, 0.15) is 37.3 Å². The Bertz CT molecular complexity index is 479. The number of amides is 1. The first-order valence-electron chi connectivity index (χ1n) is 7.02. The van der Waals surface area contributed by atoms with Crippen LogP contribution in [0.4, 0.5) is 0 Å². The van der Waals surface area contributed by atoms with Gasteiger partial charge in [0.05, 0.1) is 16.1 Å². The molecule has 0 aliphatic carbocycles. The van der Waals surface area contributed by atoms with Gasteiger partial charge in [-0.3, -0.25) is 4.79 Å². The Hall–Kier alpha value is -0.770. The molecule has 1 aromatic carbocycles. The van der Waals surface area contributed by atoms with Gasteiger partial charge in [-0.2, -0.15) is 0 Å². The Morgan fingerprint density at radius 3 is 2.90 bits per heavy atom. The zero-order valence-corrected chi connectivity index (χ0v) is 13.2. The van der Waals surface area contributed by atoms with Crippen molar-refractivity contribution >= 4 is 29.1 Å². The van der Waals surface area contributed by atoms with Gasteiger partial charge in [0.2, 0.25) is 5.91 Å². The van der Waals surface area contributed by atoms with Crippen LogP contribution in [0.15, 0.2) is 18.2 Å². The van der Waals surface area contributed by atoms with Gasteiger partial charge in [0, 0.05) is 13.0 Å². The Kier molecular flexibility index (Phi) is 5.70. The van der Waals surface area contributed by atoms with Crippen molar-refractivity contribution in [2.24, 2.45) is 0 Å². The monoisotopic (exact) mass is 314 g/mol. The molecule has 0 spiro atoms. The van der Waals surface area contributed by atoms with Crippen molar-refractivity contribution in [2.75, 3.05) is 20.1 Å². The van der Waals surface area contributed by atoms with Crippen LogP contribution in [-0.4, -0.2) is 30.9 Å². The molecule has 1 unspecified atom stereocenters. The minimum atomic E-state index is 0.145. The first kappa shape index (κ1) is 15.6. The Balaban J connectivity index is 2.06. The SMILES string of the molecule is CNCCCC(=O)N1CCCC1c1ccc(Cl)c(Cl)c1. The fourth-order valence-electron chi connectivity index (χ4n) is 2.69. The average molecular weight is 315 g/mol. The number of nitrogens with zero attached hydrogens (tertiary/aromatic N) is 1. The minimum absolute atomic E-state index is 0.145. The average Bonchev–Trinajstić information content (AvgIpc) is 2.91. The molecule has 1 heterocycles. The van der Waals surface area contributed by atoms with Crippen LogP contribution in [0.25, 0.3) is 0 Å². The second-order valence-corrected chi connectivity index (χ2v) is 5.94. The predicted octanol–water partition coefficient (Wildman–Crippen LogP) is 3.66. The van der Waals surface area contributed by atoms with E-state index in [9.17, 15) is 4.79 Å². The van der Waals surface area contributed by atoms with Crippen molar-refractivity contribution in [2.45, 2.75) is 31.7 Å². The fraction of sp³-hybridized carbons (Fsp3) is 0.533. The van der Waals surface area contributed by atoms with Gasteiger partial charge in [0.15, 0.2) is 0 Å². The summed E-state index contributed by atoms with van der Waals surface area (Å²) in [5.41, 5.74) is 1.08. The molecule has 1 aliphatic heterocycles. The van der Waals surface area contributed by atoms with E-state index in [1.165, 1.54) is 0 Å². The summed E-state index contributed by atoms with van der Waals surface area (Å²) in [4.78, 5) is 14.3. The fourth-order valence-corrected chi connectivity index (χ4v) is 3.00. The number of rotatable bonds is 5. The highest BCUT2D eigenvalue weighted by atomic mass is 35.5. The van der Waals surface area contributed by atoms with E-state index < -0.39 is 0 Å². The van der Waals surface area contributed by atoms with E-state index in [2.05, 4.69) is 5.32 Å². The first-order chi connectivity index (χ1) is 9.63. The lowest BCUT2D eigenvalue weighted by Crippen LogP contribution is -2.30. The molecule has 3 nitrogen and oxygen atoms in total. The number of likely N-dealkylation sites (tertiary alicyclic amines) is 1. The summed E-state index contributed by atoms with van der Waals surface area (Å²) in [6, 6.07) is 5.80. The van der Waals surface area contributed by atoms with Crippen LogP contribution in [0.2, 0.25) is 10.0 Å². The lowest BCUT2D eigenvalue weighted by molar-refractivity contribution is -0.132. The Morgan fingerprint density at radius 2 is 2.20 bits per heavy atom. The molecule has 1 amide bonds. The van der Waals surface area contributed by atoms with Crippen molar-refractivity contribution in [3.8, 4) is 0 Å². The van der Waals surface area contributed by atoms with Crippen LogP contribution >= 0.6 is 23.2 Å². The van der Waals surface area contributed by atoms with Crippen molar-refractivity contribution in [1.29, 1.82) is 0 Å². The van der Waals surface area contributed by atoms with E-state index in [-0.39, 0.29) is 11.9 Å². The standard InChI is InChI=1S/C15H20Cl2N2O/c1-18-8-2-5-15(20)19-9-3-4-14(19)11-6-7-12(16)13(17)10-11/h6-7,10,14,18H,2-5,8-9H2,1H3. The van der Waals surface area contributed by atoms with Crippen molar-refractivity contribution in [3.05, 3.63) is 33.8 Å². The molecule has 0 saturated carbocycles. The summed E-state index contributed by atoms with van der Waals surface area (Å²) in [6.45, 7) is 1.71. The molecular formula is C15H20Cl2N2O. The predicted molar refractivity (Wildman–Crippen MR) is 83.3 cm³/mol. The van der Waals surface area contributed by atoms with E-state index in [0.717, 1.165) is 37.9 Å². The van der Waals surface area contributed by atoms with Gasteiger partial charge in [-0.1, -0.05) is 29.3 Å². The number of hydrogen-bond acceptors (Lipinski definition) is 2. The van der Waals surface area contributed by atoms with Gasteiger partial charge in [0.1, 0.15) is 0 Å². The molecular weight excluding hydrogens is 295 g/mol. The molecule has 1 aliphatic rings. The molecule has 1 saturated heterocycles. The van der Waals surface area contributed by atoms with E-state index >= 15 is 0 Å². The maximum Gasteiger partial charge on any atom is 0.223 e. The lowest BCUT2D eigenvalue weighted by Gasteiger charge is -2.25. The highest BCUT2D eigenvalue weighted by Gasteiger charge is 2.29. The van der Waals surface area contributed by atoms with Gasteiger partial charge < -0.3 is 10.2 Å². The van der Waals surface area contributed by atoms with Crippen molar-refractivity contribution in [3.63, 3.8) is 0 Å². The van der Waals surface area contributed by atoms with Crippen LogP contribution in [0.5, 0.6) is 0 Å². The second-order valence-electron chi connectivity index (χ2n) is 5.13. The van der Waals surface area contributed by atoms with Gasteiger partial charge in [0.25, 0.3) is 0 Å². The lowest BCUT2D eigenvalue weighted by atomic mass is 10.0. The van der Waals surface area contributed by atoms with Crippen molar-refractivity contribution in [1.82, 2.24) is 10.2 Å². The molecule has 1 atom stereocenters. The van der Waals surface area contributed by atoms with Gasteiger partial charge in [-0.25, -0.2) is 0 Å². The van der Waals surface area contributed by atoms with Gasteiger partial charge in [-0.15, -0.1) is 0 Å². The zero-order valence-electron chi connectivity index (χ0n) is 11.7. The topological polar surface area (TPSA) is 32.3 Å². The number of benzene rings is 1. The van der Waals surface area contributed by atoms with E-state index in [4.69, 9.17) is 23.2 Å². The molecule has 0 aromatic heterocycles.